The maximum Gasteiger partial charge on any atom is 0.282 e. The number of nitro benzene ring substituents is 1. The minimum atomic E-state index is -4.25. The lowest BCUT2D eigenvalue weighted by atomic mass is 9.65. The zero-order valence-corrected chi connectivity index (χ0v) is 19.9. The number of carbonyl (C=O) groups excluding carboxylic acids is 1. The number of alkyl halides is 2. The van der Waals surface area contributed by atoms with E-state index in [0.29, 0.717) is 5.57 Å². The number of halogens is 2. The molecular formula is C20H24Cl2N2O5S. The van der Waals surface area contributed by atoms with E-state index in [-0.39, 0.29) is 22.1 Å². The van der Waals surface area contributed by atoms with Gasteiger partial charge in [0, 0.05) is 17.7 Å². The first kappa shape index (κ1) is 24.5. The molecule has 0 bridgehead atoms. The van der Waals surface area contributed by atoms with Crippen LogP contribution in [0, 0.1) is 20.9 Å². The number of nitrogens with zero attached hydrogens (tertiary/aromatic N) is 2. The molecule has 1 aliphatic carbocycles. The molecule has 0 amide bonds. The van der Waals surface area contributed by atoms with E-state index in [1.54, 1.807) is 20.8 Å². The first-order chi connectivity index (χ1) is 13.4. The molecule has 1 aliphatic rings. The summed E-state index contributed by atoms with van der Waals surface area (Å²) in [5, 5.41) is 9.60. The largest absolute Gasteiger partial charge is 0.292 e. The van der Waals surface area contributed by atoms with Gasteiger partial charge < -0.3 is 0 Å². The molecule has 1 aromatic carbocycles. The molecule has 2 rings (SSSR count). The lowest BCUT2D eigenvalue weighted by Gasteiger charge is -2.45. The van der Waals surface area contributed by atoms with Crippen molar-refractivity contribution in [1.82, 2.24) is 0 Å². The Balaban J connectivity index is 2.70. The molecule has 0 radical (unpaired) electrons. The van der Waals surface area contributed by atoms with Gasteiger partial charge in [0.2, 0.25) is 0 Å². The smallest absolute Gasteiger partial charge is 0.282 e. The third kappa shape index (κ3) is 4.31. The normalized spacial score (nSPS) is 24.7. The highest BCUT2D eigenvalue weighted by atomic mass is 35.5. The fourth-order valence-electron chi connectivity index (χ4n) is 3.08. The van der Waals surface area contributed by atoms with Crippen LogP contribution in [-0.2, 0) is 14.8 Å². The molecular weight excluding hydrogens is 451 g/mol. The average molecular weight is 475 g/mol. The Morgan fingerprint density at radius 2 is 1.60 bits per heavy atom. The Labute approximate surface area is 186 Å². The molecule has 0 N–H and O–H groups in total. The van der Waals surface area contributed by atoms with Crippen LogP contribution >= 0.6 is 23.2 Å². The topological polar surface area (TPSA) is 107 Å². The van der Waals surface area contributed by atoms with Gasteiger partial charge in [0.05, 0.1) is 15.5 Å². The van der Waals surface area contributed by atoms with Crippen LogP contribution in [0.1, 0.15) is 41.5 Å². The van der Waals surface area contributed by atoms with Gasteiger partial charge in [-0.05, 0) is 29.0 Å². The summed E-state index contributed by atoms with van der Waals surface area (Å²) in [7, 11) is -4.25. The van der Waals surface area contributed by atoms with E-state index in [9.17, 15) is 23.3 Å². The van der Waals surface area contributed by atoms with Crippen molar-refractivity contribution in [2.75, 3.05) is 0 Å². The number of hydrogen-bond acceptors (Lipinski definition) is 5. The molecule has 0 saturated carbocycles. The fraction of sp³-hybridized carbons (Fsp3) is 0.500. The molecule has 2 atom stereocenters. The third-order valence-electron chi connectivity index (χ3n) is 4.95. The van der Waals surface area contributed by atoms with Crippen LogP contribution < -0.4 is 0 Å². The lowest BCUT2D eigenvalue weighted by Crippen LogP contribution is -2.58. The van der Waals surface area contributed by atoms with E-state index in [1.807, 2.05) is 20.8 Å². The number of benzene rings is 1. The number of nitro groups is 1. The highest BCUT2D eigenvalue weighted by molar-refractivity contribution is 7.90. The molecule has 0 heterocycles. The van der Waals surface area contributed by atoms with Crippen LogP contribution in [-0.4, -0.2) is 35.1 Å². The minimum absolute atomic E-state index is 0.0514. The molecule has 0 aliphatic heterocycles. The van der Waals surface area contributed by atoms with Crippen molar-refractivity contribution in [2.24, 2.45) is 15.2 Å². The Morgan fingerprint density at radius 1 is 1.10 bits per heavy atom. The van der Waals surface area contributed by atoms with E-state index in [1.165, 1.54) is 6.08 Å². The first-order valence-electron chi connectivity index (χ1n) is 9.12. The van der Waals surface area contributed by atoms with E-state index in [4.69, 9.17) is 23.2 Å². The van der Waals surface area contributed by atoms with Crippen LogP contribution in [0.4, 0.5) is 5.69 Å². The summed E-state index contributed by atoms with van der Waals surface area (Å²) in [5.74, 6) is -0.365. The number of ketones is 1. The van der Waals surface area contributed by atoms with Crippen LogP contribution in [0.3, 0.4) is 0 Å². The molecule has 7 nitrogen and oxygen atoms in total. The van der Waals surface area contributed by atoms with Crippen molar-refractivity contribution in [3.63, 3.8) is 0 Å². The fourth-order valence-corrected chi connectivity index (χ4v) is 4.91. The molecule has 0 fully saturated rings. The number of carbonyl (C=O) groups is 1. The summed E-state index contributed by atoms with van der Waals surface area (Å²) in [6.07, 6.45) is 1.38. The Bertz CT molecular complexity index is 1050. The number of Topliss-reactive ketones (excluding diaryl/α,β-unsaturated/α-hetero) is 1. The highest BCUT2D eigenvalue weighted by Gasteiger charge is 2.58. The molecule has 0 saturated heterocycles. The van der Waals surface area contributed by atoms with Gasteiger partial charge in [0.1, 0.15) is 10.3 Å². The van der Waals surface area contributed by atoms with E-state index < -0.39 is 36.0 Å². The maximum absolute atomic E-state index is 13.3. The van der Waals surface area contributed by atoms with E-state index >= 15 is 0 Å². The third-order valence-corrected chi connectivity index (χ3v) is 7.89. The summed E-state index contributed by atoms with van der Waals surface area (Å²) in [6, 6.07) is 4.35. The van der Waals surface area contributed by atoms with Crippen LogP contribution in [0.25, 0.3) is 0 Å². The van der Waals surface area contributed by atoms with Gasteiger partial charge in [-0.25, -0.2) is 0 Å². The predicted molar refractivity (Wildman–Crippen MR) is 118 cm³/mol. The summed E-state index contributed by atoms with van der Waals surface area (Å²) in [4.78, 5) is 21.6. The Kier molecular flexibility index (Phi) is 6.31. The van der Waals surface area contributed by atoms with Gasteiger partial charge >= 0.3 is 0 Å². The van der Waals surface area contributed by atoms with Crippen molar-refractivity contribution in [1.29, 1.82) is 0 Å². The molecule has 0 spiro atoms. The van der Waals surface area contributed by atoms with Gasteiger partial charge in [0.15, 0.2) is 5.78 Å². The zero-order valence-electron chi connectivity index (χ0n) is 17.6. The van der Waals surface area contributed by atoms with Gasteiger partial charge in [0.25, 0.3) is 15.7 Å². The maximum atomic E-state index is 13.3. The second kappa shape index (κ2) is 7.73. The van der Waals surface area contributed by atoms with Gasteiger partial charge in [-0.2, -0.15) is 12.8 Å². The van der Waals surface area contributed by atoms with Crippen molar-refractivity contribution in [3.05, 3.63) is 46.0 Å². The Morgan fingerprint density at radius 3 is 2.00 bits per heavy atom. The lowest BCUT2D eigenvalue weighted by molar-refractivity contribution is -0.384. The second-order valence-corrected chi connectivity index (χ2v) is 11.8. The van der Waals surface area contributed by atoms with E-state index in [0.717, 1.165) is 24.3 Å². The standard InChI is InChI=1S/C20H24Cl2N2O5S/c1-18(2,3)14-11-15(16(21)20(22,17(14)25)19(4,5)6)23-30(28,29)13-9-7-12(8-10-13)24(26)27/h7-11,16H,1-6H3. The van der Waals surface area contributed by atoms with Gasteiger partial charge in [-0.15, -0.1) is 23.2 Å². The number of hydrogen-bond donors (Lipinski definition) is 0. The highest BCUT2D eigenvalue weighted by Crippen LogP contribution is 2.49. The molecule has 1 aromatic rings. The van der Waals surface area contributed by atoms with Crippen molar-refractivity contribution in [2.45, 2.75) is 56.7 Å². The number of rotatable bonds is 3. The molecule has 30 heavy (non-hydrogen) atoms. The summed E-state index contributed by atoms with van der Waals surface area (Å²) in [6.45, 7) is 10.7. The van der Waals surface area contributed by atoms with Crippen LogP contribution in [0.15, 0.2) is 45.2 Å². The SMILES string of the molecule is CC(C)(C)C1=CC(=NS(=O)(=O)c2ccc([N+](=O)[O-])cc2)C(Cl)C(Cl)(C(C)(C)C)C1=O. The number of non-ortho nitro benzene ring substituents is 1. The van der Waals surface area contributed by atoms with Crippen LogP contribution in [0.5, 0.6) is 0 Å². The second-order valence-electron chi connectivity index (χ2n) is 9.20. The Hall–Kier alpha value is -1.77. The number of sulfonamides is 1. The molecule has 2 unspecified atom stereocenters. The molecule has 10 heteroatoms. The minimum Gasteiger partial charge on any atom is -0.292 e. The van der Waals surface area contributed by atoms with Crippen molar-refractivity contribution in [3.8, 4) is 0 Å². The predicted octanol–water partition coefficient (Wildman–Crippen LogP) is 4.91. The zero-order chi connectivity index (χ0) is 23.3. The first-order valence-corrected chi connectivity index (χ1v) is 11.4. The molecule has 164 valence electrons. The average Bonchev–Trinajstić information content (AvgIpc) is 2.60. The molecule has 0 aromatic heterocycles. The van der Waals surface area contributed by atoms with Gasteiger partial charge in [-0.1, -0.05) is 41.5 Å². The van der Waals surface area contributed by atoms with Crippen molar-refractivity contribution < 1.29 is 18.1 Å². The van der Waals surface area contributed by atoms with Gasteiger partial charge in [-0.3, -0.25) is 14.9 Å². The quantitative estimate of drug-likeness (QED) is 0.351. The summed E-state index contributed by atoms with van der Waals surface area (Å²) >= 11 is 13.4. The van der Waals surface area contributed by atoms with Crippen LogP contribution in [0.2, 0.25) is 0 Å². The monoisotopic (exact) mass is 474 g/mol. The number of allylic oxidation sites excluding steroid dienone is 2. The summed E-state index contributed by atoms with van der Waals surface area (Å²) in [5.41, 5.74) is -1.41. The summed E-state index contributed by atoms with van der Waals surface area (Å²) < 4.78 is 29.6. The van der Waals surface area contributed by atoms with E-state index in [2.05, 4.69) is 4.40 Å². The van der Waals surface area contributed by atoms with Crippen molar-refractivity contribution >= 4 is 50.4 Å².